The van der Waals surface area contributed by atoms with Crippen molar-refractivity contribution in [1.29, 1.82) is 0 Å². The molecule has 2 aromatic heterocycles. The quantitative estimate of drug-likeness (QED) is 0.552. The van der Waals surface area contributed by atoms with E-state index in [9.17, 15) is 9.90 Å². The van der Waals surface area contributed by atoms with Crippen molar-refractivity contribution in [2.75, 3.05) is 13.1 Å². The van der Waals surface area contributed by atoms with Gasteiger partial charge in [-0.3, -0.25) is 4.79 Å². The van der Waals surface area contributed by atoms with E-state index in [2.05, 4.69) is 20.4 Å². The Morgan fingerprint density at radius 3 is 2.78 bits per heavy atom. The van der Waals surface area contributed by atoms with E-state index in [0.717, 1.165) is 34.7 Å². The Kier molecular flexibility index (Phi) is 6.98. The minimum atomic E-state index is -0.563. The summed E-state index contributed by atoms with van der Waals surface area (Å²) in [5.41, 5.74) is 2.71. The average molecular weight is 473 g/mol. The van der Waals surface area contributed by atoms with E-state index in [-0.39, 0.29) is 11.8 Å². The summed E-state index contributed by atoms with van der Waals surface area (Å²) < 4.78 is 0. The standard InChI is InChI=1S/C22H25ClN6O2S/c1-14-13-32-22(24-14)21(31)17-7-9-28(10-8-17)20(30)6-4-16-3-5-19(23)11-18(16)12-29-26-15(2)25-27-29/h3-6,11,13,17,21,31H,7-10,12H2,1-2H3. The molecule has 1 saturated heterocycles. The number of tetrazole rings is 1. The number of halogens is 1. The molecule has 0 saturated carbocycles. The first-order valence-corrected chi connectivity index (χ1v) is 11.7. The van der Waals surface area contributed by atoms with E-state index in [4.69, 9.17) is 11.6 Å². The maximum atomic E-state index is 12.8. The third-order valence-electron chi connectivity index (χ3n) is 5.56. The fourth-order valence-electron chi connectivity index (χ4n) is 3.83. The number of hydrogen-bond acceptors (Lipinski definition) is 7. The summed E-state index contributed by atoms with van der Waals surface area (Å²) >= 11 is 7.66. The molecule has 1 aliphatic rings. The molecule has 1 N–H and O–H groups in total. The van der Waals surface area contributed by atoms with E-state index in [1.54, 1.807) is 25.1 Å². The second-order valence-electron chi connectivity index (χ2n) is 7.98. The minimum absolute atomic E-state index is 0.0429. The van der Waals surface area contributed by atoms with Crippen LogP contribution >= 0.6 is 22.9 Å². The fourth-order valence-corrected chi connectivity index (χ4v) is 4.90. The molecule has 0 bridgehead atoms. The summed E-state index contributed by atoms with van der Waals surface area (Å²) in [7, 11) is 0. The number of piperidine rings is 1. The van der Waals surface area contributed by atoms with E-state index >= 15 is 0 Å². The molecule has 0 spiro atoms. The number of nitrogens with zero attached hydrogens (tertiary/aromatic N) is 6. The van der Waals surface area contributed by atoms with E-state index in [1.165, 1.54) is 16.1 Å². The largest absolute Gasteiger partial charge is 0.386 e. The third-order valence-corrected chi connectivity index (χ3v) is 6.83. The zero-order valence-corrected chi connectivity index (χ0v) is 19.6. The van der Waals surface area contributed by atoms with Crippen LogP contribution in [0.4, 0.5) is 0 Å². The molecule has 0 aliphatic carbocycles. The molecule has 0 radical (unpaired) electrons. The minimum Gasteiger partial charge on any atom is -0.386 e. The number of hydrogen-bond donors (Lipinski definition) is 1. The van der Waals surface area contributed by atoms with Gasteiger partial charge in [-0.05, 0) is 67.2 Å². The second-order valence-corrected chi connectivity index (χ2v) is 9.30. The van der Waals surface area contributed by atoms with Crippen LogP contribution in [0.3, 0.4) is 0 Å². The summed E-state index contributed by atoms with van der Waals surface area (Å²) in [5, 5.41) is 26.0. The lowest BCUT2D eigenvalue weighted by Crippen LogP contribution is -2.38. The monoisotopic (exact) mass is 472 g/mol. The zero-order chi connectivity index (χ0) is 22.7. The van der Waals surface area contributed by atoms with Crippen molar-refractivity contribution in [3.05, 3.63) is 62.3 Å². The van der Waals surface area contributed by atoms with Gasteiger partial charge in [-0.1, -0.05) is 17.7 Å². The van der Waals surface area contributed by atoms with Crippen LogP contribution in [0.1, 0.15) is 46.6 Å². The van der Waals surface area contributed by atoms with Crippen LogP contribution < -0.4 is 0 Å². The Hall–Kier alpha value is -2.62. The Labute approximate surface area is 195 Å². The Morgan fingerprint density at radius 2 is 2.12 bits per heavy atom. The van der Waals surface area contributed by atoms with Crippen molar-refractivity contribution >= 4 is 34.9 Å². The zero-order valence-electron chi connectivity index (χ0n) is 18.0. The molecule has 1 amide bonds. The number of amides is 1. The molecule has 1 fully saturated rings. The van der Waals surface area contributed by atoms with Gasteiger partial charge in [-0.15, -0.1) is 21.5 Å². The lowest BCUT2D eigenvalue weighted by molar-refractivity contribution is -0.127. The number of carbonyl (C=O) groups is 1. The molecule has 4 rings (SSSR count). The van der Waals surface area contributed by atoms with Gasteiger partial charge in [0.25, 0.3) is 0 Å². The highest BCUT2D eigenvalue weighted by atomic mass is 35.5. The van der Waals surface area contributed by atoms with Crippen molar-refractivity contribution in [2.24, 2.45) is 5.92 Å². The van der Waals surface area contributed by atoms with Gasteiger partial charge in [0, 0.05) is 35.3 Å². The van der Waals surface area contributed by atoms with Crippen LogP contribution in [0.15, 0.2) is 29.7 Å². The topological polar surface area (TPSA) is 97.0 Å². The van der Waals surface area contributed by atoms with E-state index in [1.807, 2.05) is 29.3 Å². The summed E-state index contributed by atoms with van der Waals surface area (Å²) in [6.07, 6.45) is 4.34. The van der Waals surface area contributed by atoms with Crippen LogP contribution in [-0.2, 0) is 11.3 Å². The lowest BCUT2D eigenvalue weighted by Gasteiger charge is -2.33. The van der Waals surface area contributed by atoms with Crippen LogP contribution in [0.25, 0.3) is 6.08 Å². The molecular formula is C22H25ClN6O2S. The van der Waals surface area contributed by atoms with E-state index in [0.29, 0.717) is 30.5 Å². The van der Waals surface area contributed by atoms with Gasteiger partial charge < -0.3 is 10.0 Å². The molecule has 1 aliphatic heterocycles. The number of carbonyl (C=O) groups excluding carboxylic acids is 1. The van der Waals surface area contributed by atoms with Gasteiger partial charge in [0.2, 0.25) is 5.91 Å². The van der Waals surface area contributed by atoms with Gasteiger partial charge in [0.05, 0.1) is 6.54 Å². The summed E-state index contributed by atoms with van der Waals surface area (Å²) in [4.78, 5) is 20.5. The van der Waals surface area contributed by atoms with E-state index < -0.39 is 6.10 Å². The fraction of sp³-hybridized carbons (Fsp3) is 0.409. The highest BCUT2D eigenvalue weighted by Crippen LogP contribution is 2.32. The first-order chi connectivity index (χ1) is 15.4. The number of aliphatic hydroxyl groups is 1. The first kappa shape index (κ1) is 22.6. The van der Waals surface area contributed by atoms with Crippen LogP contribution in [-0.4, -0.2) is 54.2 Å². The number of aliphatic hydroxyl groups excluding tert-OH is 1. The molecule has 168 valence electrons. The van der Waals surface area contributed by atoms with Crippen LogP contribution in [0.2, 0.25) is 5.02 Å². The summed E-state index contributed by atoms with van der Waals surface area (Å²) in [6, 6.07) is 5.52. The smallest absolute Gasteiger partial charge is 0.246 e. The Balaban J connectivity index is 1.37. The summed E-state index contributed by atoms with van der Waals surface area (Å²) in [6.45, 7) is 5.35. The summed E-state index contributed by atoms with van der Waals surface area (Å²) in [5.74, 6) is 0.673. The Morgan fingerprint density at radius 1 is 1.34 bits per heavy atom. The van der Waals surface area contributed by atoms with Gasteiger partial charge in [0.1, 0.15) is 11.1 Å². The van der Waals surface area contributed by atoms with Gasteiger partial charge in [0.15, 0.2) is 5.82 Å². The van der Waals surface area contributed by atoms with Gasteiger partial charge in [-0.2, -0.15) is 4.80 Å². The number of likely N-dealkylation sites (tertiary alicyclic amines) is 1. The second kappa shape index (κ2) is 9.89. The van der Waals surface area contributed by atoms with Crippen molar-refractivity contribution in [1.82, 2.24) is 30.1 Å². The van der Waals surface area contributed by atoms with Crippen molar-refractivity contribution in [3.8, 4) is 0 Å². The number of benzene rings is 1. The molecule has 1 unspecified atom stereocenters. The third kappa shape index (κ3) is 5.40. The van der Waals surface area contributed by atoms with Crippen LogP contribution in [0.5, 0.6) is 0 Å². The number of aryl methyl sites for hydroxylation is 2. The number of thiazole rings is 1. The number of aromatic nitrogens is 5. The average Bonchev–Trinajstić information content (AvgIpc) is 3.40. The predicted molar refractivity (Wildman–Crippen MR) is 123 cm³/mol. The lowest BCUT2D eigenvalue weighted by atomic mass is 9.91. The predicted octanol–water partition coefficient (Wildman–Crippen LogP) is 3.43. The Bertz CT molecular complexity index is 1120. The van der Waals surface area contributed by atoms with Gasteiger partial charge in [-0.25, -0.2) is 4.98 Å². The maximum absolute atomic E-state index is 12.8. The SMILES string of the molecule is Cc1csc(C(O)C2CCN(C(=O)C=Cc3ccc(Cl)cc3Cn3nnc(C)n3)CC2)n1. The molecular weight excluding hydrogens is 448 g/mol. The molecule has 3 heterocycles. The first-order valence-electron chi connectivity index (χ1n) is 10.5. The van der Waals surface area contributed by atoms with Crippen LogP contribution in [0, 0.1) is 19.8 Å². The van der Waals surface area contributed by atoms with Crippen molar-refractivity contribution in [2.45, 2.75) is 39.3 Å². The van der Waals surface area contributed by atoms with Crippen molar-refractivity contribution in [3.63, 3.8) is 0 Å². The molecule has 3 aromatic rings. The van der Waals surface area contributed by atoms with Gasteiger partial charge >= 0.3 is 0 Å². The maximum Gasteiger partial charge on any atom is 0.246 e. The molecule has 32 heavy (non-hydrogen) atoms. The van der Waals surface area contributed by atoms with Crippen molar-refractivity contribution < 1.29 is 9.90 Å². The molecule has 10 heteroatoms. The molecule has 1 aromatic carbocycles. The molecule has 8 nitrogen and oxygen atoms in total. The number of rotatable bonds is 6. The normalized spacial score (nSPS) is 16.1. The highest BCUT2D eigenvalue weighted by Gasteiger charge is 2.29. The highest BCUT2D eigenvalue weighted by molar-refractivity contribution is 7.09. The molecule has 1 atom stereocenters.